The lowest BCUT2D eigenvalue weighted by Gasteiger charge is -2.44. The van der Waals surface area contributed by atoms with Gasteiger partial charge in [0.15, 0.2) is 0 Å². The second kappa shape index (κ2) is 13.1. The maximum atomic E-state index is 13.1. The van der Waals surface area contributed by atoms with E-state index in [1.165, 1.54) is 11.8 Å². The molecule has 2 amide bonds. The fraction of sp³-hybridized carbons (Fsp3) is 0.667. The molecule has 12 heteroatoms. The van der Waals surface area contributed by atoms with Crippen LogP contribution in [0.5, 0.6) is 0 Å². The van der Waals surface area contributed by atoms with E-state index in [-0.39, 0.29) is 18.1 Å². The van der Waals surface area contributed by atoms with Crippen LogP contribution in [0.3, 0.4) is 0 Å². The van der Waals surface area contributed by atoms with Crippen LogP contribution in [0.2, 0.25) is 0 Å². The van der Waals surface area contributed by atoms with Crippen LogP contribution in [0.25, 0.3) is 0 Å². The SMILES string of the molecule is O=C(N[C@@H]1[C@@H](O)[C@H](O)[C@@H](CO)O[C@@H]1SC1CCCCC1)[C@H](CCc1ccccc1)NC(=O)C(F)(F)F. The second-order valence-corrected chi connectivity index (χ2v) is 10.6. The van der Waals surface area contributed by atoms with Crippen LogP contribution in [0.15, 0.2) is 30.3 Å². The zero-order valence-electron chi connectivity index (χ0n) is 19.7. The van der Waals surface area contributed by atoms with Crippen molar-refractivity contribution in [1.82, 2.24) is 10.6 Å². The van der Waals surface area contributed by atoms with E-state index in [1.807, 2.05) is 0 Å². The van der Waals surface area contributed by atoms with Crippen LogP contribution in [-0.2, 0) is 20.7 Å². The van der Waals surface area contributed by atoms with Crippen molar-refractivity contribution in [2.75, 3.05) is 6.61 Å². The largest absolute Gasteiger partial charge is 0.471 e. The third-order valence-electron chi connectivity index (χ3n) is 6.51. The Morgan fingerprint density at radius 1 is 1.08 bits per heavy atom. The highest BCUT2D eigenvalue weighted by atomic mass is 32.2. The monoisotopic (exact) mass is 534 g/mol. The Hall–Kier alpha value is -1.86. The Kier molecular flexibility index (Phi) is 10.4. The molecule has 3 rings (SSSR count). The van der Waals surface area contributed by atoms with E-state index in [0.29, 0.717) is 0 Å². The molecule has 0 bridgehead atoms. The van der Waals surface area contributed by atoms with Crippen LogP contribution in [0.4, 0.5) is 13.2 Å². The minimum absolute atomic E-state index is 0.121. The summed E-state index contributed by atoms with van der Waals surface area (Å²) >= 11 is 1.37. The number of benzene rings is 1. The standard InChI is InChI=1S/C24H33F3N2O6S/c25-24(26,27)23(34)28-16(12-11-14-7-3-1-4-8-14)21(33)29-18-20(32)19(31)17(13-30)35-22(18)36-15-9-5-2-6-10-15/h1,3-4,7-8,15-20,22,30-32H,2,5-6,9-13H2,(H,28,34)(H,29,33)/t16-,17+,18+,19+,20+,22+/m0/s1. The molecule has 202 valence electrons. The summed E-state index contributed by atoms with van der Waals surface area (Å²) in [5, 5.41) is 35.1. The first kappa shape index (κ1) is 28.7. The van der Waals surface area contributed by atoms with Crippen molar-refractivity contribution in [2.24, 2.45) is 0 Å². The summed E-state index contributed by atoms with van der Waals surface area (Å²) in [4.78, 5) is 24.8. The molecule has 1 aliphatic heterocycles. The third kappa shape index (κ3) is 7.82. The molecule has 1 saturated carbocycles. The average molecular weight is 535 g/mol. The highest BCUT2D eigenvalue weighted by Gasteiger charge is 2.47. The topological polar surface area (TPSA) is 128 Å². The Bertz CT molecular complexity index is 856. The Labute approximate surface area is 212 Å². The van der Waals surface area contributed by atoms with E-state index >= 15 is 0 Å². The molecule has 1 aromatic rings. The van der Waals surface area contributed by atoms with Crippen molar-refractivity contribution in [2.45, 2.75) is 92.2 Å². The van der Waals surface area contributed by atoms with Gasteiger partial charge in [0.1, 0.15) is 29.8 Å². The number of nitrogens with one attached hydrogen (secondary N) is 2. The average Bonchev–Trinajstić information content (AvgIpc) is 2.86. The molecule has 0 spiro atoms. The van der Waals surface area contributed by atoms with Crippen molar-refractivity contribution in [3.63, 3.8) is 0 Å². The summed E-state index contributed by atoms with van der Waals surface area (Å²) in [6.45, 7) is -0.554. The van der Waals surface area contributed by atoms with Gasteiger partial charge in [0, 0.05) is 5.25 Å². The number of aliphatic hydroxyl groups is 3. The molecule has 6 atom stereocenters. The molecule has 0 aromatic heterocycles. The minimum Gasteiger partial charge on any atom is -0.394 e. The Balaban J connectivity index is 1.76. The molecule has 1 aromatic carbocycles. The molecule has 0 radical (unpaired) electrons. The van der Waals surface area contributed by atoms with Gasteiger partial charge < -0.3 is 30.7 Å². The zero-order chi connectivity index (χ0) is 26.3. The van der Waals surface area contributed by atoms with Gasteiger partial charge in [0.2, 0.25) is 5.91 Å². The number of ether oxygens (including phenoxy) is 1. The van der Waals surface area contributed by atoms with Crippen LogP contribution in [-0.4, -0.2) is 81.0 Å². The van der Waals surface area contributed by atoms with E-state index < -0.39 is 60.4 Å². The number of aryl methyl sites for hydroxylation is 1. The van der Waals surface area contributed by atoms with Crippen molar-refractivity contribution in [1.29, 1.82) is 0 Å². The summed E-state index contributed by atoms with van der Waals surface area (Å²) < 4.78 is 44.6. The zero-order valence-corrected chi connectivity index (χ0v) is 20.5. The molecule has 1 saturated heterocycles. The number of alkyl halides is 3. The lowest BCUT2D eigenvalue weighted by atomic mass is 9.97. The molecule has 0 unspecified atom stereocenters. The number of amides is 2. The van der Waals surface area contributed by atoms with E-state index in [9.17, 15) is 38.1 Å². The van der Waals surface area contributed by atoms with E-state index in [1.54, 1.807) is 35.6 Å². The highest BCUT2D eigenvalue weighted by Crippen LogP contribution is 2.36. The van der Waals surface area contributed by atoms with E-state index in [4.69, 9.17) is 4.74 Å². The van der Waals surface area contributed by atoms with Gasteiger partial charge in [-0.05, 0) is 31.2 Å². The van der Waals surface area contributed by atoms with Gasteiger partial charge in [0.25, 0.3) is 0 Å². The molecular formula is C24H33F3N2O6S. The highest BCUT2D eigenvalue weighted by molar-refractivity contribution is 8.00. The van der Waals surface area contributed by atoms with Gasteiger partial charge in [-0.25, -0.2) is 0 Å². The van der Waals surface area contributed by atoms with E-state index in [2.05, 4.69) is 5.32 Å². The quantitative estimate of drug-likeness (QED) is 0.326. The Morgan fingerprint density at radius 3 is 2.36 bits per heavy atom. The van der Waals surface area contributed by atoms with Gasteiger partial charge in [-0.3, -0.25) is 9.59 Å². The summed E-state index contributed by atoms with van der Waals surface area (Å²) in [6.07, 6.45) is -4.28. The smallest absolute Gasteiger partial charge is 0.394 e. The summed E-state index contributed by atoms with van der Waals surface area (Å²) in [5.74, 6) is -3.18. The lowest BCUT2D eigenvalue weighted by Crippen LogP contribution is -2.65. The minimum atomic E-state index is -5.18. The number of halogens is 3. The van der Waals surface area contributed by atoms with Gasteiger partial charge in [-0.1, -0.05) is 49.6 Å². The lowest BCUT2D eigenvalue weighted by molar-refractivity contribution is -0.177. The van der Waals surface area contributed by atoms with Gasteiger partial charge >= 0.3 is 12.1 Å². The van der Waals surface area contributed by atoms with Crippen molar-refractivity contribution >= 4 is 23.6 Å². The number of hydrogen-bond donors (Lipinski definition) is 5. The van der Waals surface area contributed by atoms with Crippen LogP contribution in [0, 0.1) is 0 Å². The first-order chi connectivity index (χ1) is 17.1. The number of hydrogen-bond acceptors (Lipinski definition) is 7. The number of carbonyl (C=O) groups is 2. The Morgan fingerprint density at radius 2 is 1.75 bits per heavy atom. The van der Waals surface area contributed by atoms with Crippen molar-refractivity contribution in [3.05, 3.63) is 35.9 Å². The third-order valence-corrected chi connectivity index (χ3v) is 8.04. The fourth-order valence-corrected chi connectivity index (χ4v) is 6.06. The number of carbonyl (C=O) groups excluding carboxylic acids is 2. The van der Waals surface area contributed by atoms with Gasteiger partial charge in [-0.2, -0.15) is 13.2 Å². The number of thioether (sulfide) groups is 1. The molecular weight excluding hydrogens is 501 g/mol. The number of rotatable bonds is 9. The fourth-order valence-electron chi connectivity index (χ4n) is 4.47. The first-order valence-corrected chi connectivity index (χ1v) is 13.0. The maximum Gasteiger partial charge on any atom is 0.471 e. The van der Waals surface area contributed by atoms with Crippen LogP contribution >= 0.6 is 11.8 Å². The summed E-state index contributed by atoms with van der Waals surface area (Å²) in [5.41, 5.74) is -0.0785. The molecule has 36 heavy (non-hydrogen) atoms. The first-order valence-electron chi connectivity index (χ1n) is 12.1. The van der Waals surface area contributed by atoms with E-state index in [0.717, 1.165) is 37.7 Å². The molecule has 1 heterocycles. The van der Waals surface area contributed by atoms with Crippen molar-refractivity contribution in [3.8, 4) is 0 Å². The van der Waals surface area contributed by atoms with Crippen molar-refractivity contribution < 1.29 is 42.8 Å². The number of aliphatic hydroxyl groups excluding tert-OH is 3. The molecule has 2 fully saturated rings. The molecule has 5 N–H and O–H groups in total. The molecule has 1 aliphatic carbocycles. The second-order valence-electron chi connectivity index (χ2n) is 9.19. The predicted octanol–water partition coefficient (Wildman–Crippen LogP) is 1.66. The maximum absolute atomic E-state index is 13.1. The normalized spacial score (nSPS) is 28.3. The van der Waals surface area contributed by atoms with Gasteiger partial charge in [0.05, 0.1) is 12.6 Å². The molecule has 8 nitrogen and oxygen atoms in total. The summed E-state index contributed by atoms with van der Waals surface area (Å²) in [6, 6.07) is 6.08. The van der Waals surface area contributed by atoms with Gasteiger partial charge in [-0.15, -0.1) is 11.8 Å². The molecule has 2 aliphatic rings. The predicted molar refractivity (Wildman–Crippen MR) is 127 cm³/mol. The van der Waals surface area contributed by atoms with Crippen LogP contribution in [0.1, 0.15) is 44.1 Å². The summed E-state index contributed by atoms with van der Waals surface area (Å²) in [7, 11) is 0. The van der Waals surface area contributed by atoms with Crippen LogP contribution < -0.4 is 10.6 Å².